The molecule has 0 rings (SSSR count). The Kier molecular flexibility index (Phi) is 19.8. The van der Waals surface area contributed by atoms with Gasteiger partial charge in [0, 0.05) is 5.33 Å². The van der Waals surface area contributed by atoms with Crippen molar-refractivity contribution < 1.29 is 3.83 Å². The zero-order valence-corrected chi connectivity index (χ0v) is 15.6. The highest BCUT2D eigenvalue weighted by Crippen LogP contribution is 2.13. The number of alkyl halides is 1. The van der Waals surface area contributed by atoms with Gasteiger partial charge in [0.1, 0.15) is 0 Å². The Bertz CT molecular complexity index is 138. The van der Waals surface area contributed by atoms with Crippen molar-refractivity contribution in [3.63, 3.8) is 0 Å². The van der Waals surface area contributed by atoms with Crippen LogP contribution < -0.4 is 0 Å². The third-order valence-electron chi connectivity index (χ3n) is 3.61. The average Bonchev–Trinajstić information content (AvgIpc) is 2.43. The molecule has 0 fully saturated rings. The Labute approximate surface area is 137 Å². The minimum atomic E-state index is 0.857. The predicted octanol–water partition coefficient (Wildman–Crippen LogP) is 7.17. The normalized spacial score (nSPS) is 11.1. The summed E-state index contributed by atoms with van der Waals surface area (Å²) in [4.78, 5) is 0. The number of unbranched alkanes of at least 4 members (excludes halogenated alkanes) is 13. The minimum absolute atomic E-state index is 0.857. The van der Waals surface area contributed by atoms with E-state index in [0.717, 1.165) is 6.61 Å². The van der Waals surface area contributed by atoms with Gasteiger partial charge in [-0.1, -0.05) is 93.0 Å². The molecule has 0 amide bonds. The number of hydrogen-bond donors (Lipinski definition) is 0. The van der Waals surface area contributed by atoms with Crippen molar-refractivity contribution in [1.82, 2.24) is 0 Å². The highest BCUT2D eigenvalue weighted by Gasteiger charge is 1.94. The summed E-state index contributed by atoms with van der Waals surface area (Å²) in [7, 11) is 0. The lowest BCUT2D eigenvalue weighted by molar-refractivity contribution is 0.374. The zero-order chi connectivity index (χ0) is 14.0. The van der Waals surface area contributed by atoms with Gasteiger partial charge in [-0.3, -0.25) is 0 Å². The fourth-order valence-corrected chi connectivity index (χ4v) is 3.00. The van der Waals surface area contributed by atoms with Crippen molar-refractivity contribution >= 4 is 32.2 Å². The van der Waals surface area contributed by atoms with Crippen LogP contribution in [0.1, 0.15) is 89.9 Å². The van der Waals surface area contributed by atoms with E-state index in [1.807, 2.05) is 0 Å². The van der Waals surface area contributed by atoms with E-state index < -0.39 is 0 Å². The van der Waals surface area contributed by atoms with Gasteiger partial charge >= 0.3 is 0 Å². The molecule has 3 heteroatoms. The number of halogens is 2. The van der Waals surface area contributed by atoms with E-state index in [9.17, 15) is 0 Å². The van der Waals surface area contributed by atoms with Crippen molar-refractivity contribution in [3.05, 3.63) is 0 Å². The molecule has 0 aromatic rings. The lowest BCUT2D eigenvalue weighted by Gasteiger charge is -2.03. The third kappa shape index (κ3) is 18.9. The fraction of sp³-hybridized carbons (Fsp3) is 1.00. The smallest absolute Gasteiger partial charge is 0.0987 e. The van der Waals surface area contributed by atoms with Crippen LogP contribution in [-0.4, -0.2) is 11.9 Å². The summed E-state index contributed by atoms with van der Waals surface area (Å²) in [6, 6.07) is 0. The zero-order valence-electron chi connectivity index (χ0n) is 12.5. The van der Waals surface area contributed by atoms with Crippen LogP contribution in [0.5, 0.6) is 0 Å². The van der Waals surface area contributed by atoms with E-state index in [0.29, 0.717) is 0 Å². The van der Waals surface area contributed by atoms with Crippen molar-refractivity contribution in [2.45, 2.75) is 89.9 Å². The van der Waals surface area contributed by atoms with Gasteiger partial charge in [-0.25, -0.2) is 0 Å². The molecule has 116 valence electrons. The summed E-state index contributed by atoms with van der Waals surface area (Å²) in [5, 5.41) is 1.18. The van der Waals surface area contributed by atoms with Gasteiger partial charge in [-0.05, 0) is 12.8 Å². The lowest BCUT2D eigenvalue weighted by Crippen LogP contribution is -1.85. The topological polar surface area (TPSA) is 9.23 Å². The Hall–Kier alpha value is 0.920. The van der Waals surface area contributed by atoms with Crippen LogP contribution in [0.4, 0.5) is 0 Å². The maximum atomic E-state index is 4.87. The van der Waals surface area contributed by atoms with Gasteiger partial charge in [0.05, 0.1) is 22.9 Å². The second-order valence-electron chi connectivity index (χ2n) is 5.45. The first-order valence-corrected chi connectivity index (χ1v) is 9.98. The molecule has 0 N–H and O–H groups in total. The van der Waals surface area contributed by atoms with E-state index in [-0.39, 0.29) is 0 Å². The lowest BCUT2D eigenvalue weighted by atomic mass is 10.0. The van der Waals surface area contributed by atoms with Crippen molar-refractivity contribution in [1.29, 1.82) is 0 Å². The molecule has 0 unspecified atom stereocenters. The van der Waals surface area contributed by atoms with Crippen LogP contribution in [-0.2, 0) is 3.83 Å². The van der Waals surface area contributed by atoms with Crippen LogP contribution in [0.25, 0.3) is 0 Å². The molecule has 0 aliphatic heterocycles. The molecule has 0 heterocycles. The second-order valence-corrected chi connectivity index (χ2v) is 6.70. The van der Waals surface area contributed by atoms with Crippen LogP contribution in [0.3, 0.4) is 0 Å². The average molecular weight is 400 g/mol. The maximum absolute atomic E-state index is 4.87. The maximum Gasteiger partial charge on any atom is 0.0987 e. The molecule has 1 nitrogen and oxygen atoms in total. The summed E-state index contributed by atoms with van der Waals surface area (Å²) in [6.07, 6.45) is 19.6. The first kappa shape index (κ1) is 19.9. The molecule has 0 aliphatic carbocycles. The van der Waals surface area contributed by atoms with Crippen LogP contribution >= 0.6 is 32.2 Å². The molecule has 0 aromatic heterocycles. The van der Waals surface area contributed by atoms with E-state index in [1.165, 1.54) is 95.2 Å². The van der Waals surface area contributed by atoms with Crippen molar-refractivity contribution in [2.75, 3.05) is 11.9 Å². The van der Waals surface area contributed by atoms with E-state index >= 15 is 0 Å². The predicted molar refractivity (Wildman–Crippen MR) is 93.3 cm³/mol. The molecule has 0 aliphatic rings. The molecule has 0 bridgehead atoms. The summed E-state index contributed by atoms with van der Waals surface area (Å²) in [5.41, 5.74) is 0. The molecule has 0 spiro atoms. The van der Waals surface area contributed by atoms with Gasteiger partial charge in [-0.15, -0.1) is 0 Å². The minimum Gasteiger partial charge on any atom is -0.308 e. The van der Waals surface area contributed by atoms with E-state index in [2.05, 4.69) is 32.2 Å². The Morgan fingerprint density at radius 2 is 0.789 bits per heavy atom. The Morgan fingerprint density at radius 1 is 0.474 bits per heavy atom. The van der Waals surface area contributed by atoms with Crippen LogP contribution in [0.15, 0.2) is 0 Å². The van der Waals surface area contributed by atoms with Gasteiger partial charge in [0.2, 0.25) is 0 Å². The SMILES string of the molecule is BrCCCCCCCCCCCCCCCCOBr. The first-order valence-electron chi connectivity index (χ1n) is 8.21. The second kappa shape index (κ2) is 18.9. The molecule has 0 radical (unpaired) electrons. The molecule has 0 saturated carbocycles. The van der Waals surface area contributed by atoms with Crippen LogP contribution in [0, 0.1) is 0 Å². The highest BCUT2D eigenvalue weighted by molar-refractivity contribution is 9.09. The summed E-state index contributed by atoms with van der Waals surface area (Å²) >= 11 is 6.47. The number of rotatable bonds is 16. The first-order chi connectivity index (χ1) is 9.41. The quantitative estimate of drug-likeness (QED) is 0.197. The molecule has 19 heavy (non-hydrogen) atoms. The molecular weight excluding hydrogens is 368 g/mol. The van der Waals surface area contributed by atoms with Gasteiger partial charge in [-0.2, -0.15) is 0 Å². The van der Waals surface area contributed by atoms with Gasteiger partial charge < -0.3 is 3.83 Å². The monoisotopic (exact) mass is 398 g/mol. The largest absolute Gasteiger partial charge is 0.308 e. The van der Waals surface area contributed by atoms with Gasteiger partial charge in [0.15, 0.2) is 0 Å². The molecular formula is C16H32Br2O. The van der Waals surface area contributed by atoms with Crippen molar-refractivity contribution in [3.8, 4) is 0 Å². The molecule has 0 atom stereocenters. The molecule has 0 saturated heterocycles. The molecule has 0 aromatic carbocycles. The summed E-state index contributed by atoms with van der Waals surface area (Å²) in [6.45, 7) is 0.857. The third-order valence-corrected chi connectivity index (χ3v) is 4.49. The van der Waals surface area contributed by atoms with E-state index in [1.54, 1.807) is 0 Å². The Balaban J connectivity index is 2.88. The summed E-state index contributed by atoms with van der Waals surface area (Å²) in [5.74, 6) is 0. The highest BCUT2D eigenvalue weighted by atomic mass is 79.9. The Morgan fingerprint density at radius 3 is 1.11 bits per heavy atom. The van der Waals surface area contributed by atoms with Gasteiger partial charge in [0.25, 0.3) is 0 Å². The van der Waals surface area contributed by atoms with Crippen molar-refractivity contribution in [2.24, 2.45) is 0 Å². The summed E-state index contributed by atoms with van der Waals surface area (Å²) < 4.78 is 4.87. The van der Waals surface area contributed by atoms with E-state index in [4.69, 9.17) is 3.83 Å². The fourth-order valence-electron chi connectivity index (χ4n) is 2.37. The van der Waals surface area contributed by atoms with Crippen LogP contribution in [0.2, 0.25) is 0 Å². The number of hydrogen-bond acceptors (Lipinski definition) is 1. The standard InChI is InChI=1S/C16H32Br2O/c17-15-13-11-9-7-5-3-1-2-4-6-8-10-12-14-16-19-18/h1-16H2.